The van der Waals surface area contributed by atoms with Crippen LogP contribution in [0.2, 0.25) is 0 Å². The van der Waals surface area contributed by atoms with Crippen molar-refractivity contribution in [1.82, 2.24) is 0 Å². The van der Waals surface area contributed by atoms with Crippen molar-refractivity contribution >= 4 is 11.9 Å². The number of aliphatic hydroxyl groups is 2. The number of methoxy groups -OCH3 is 1. The number of ether oxygens (including phenoxy) is 2. The molecular formula is C24H34O6. The van der Waals surface area contributed by atoms with Gasteiger partial charge in [0.15, 0.2) is 5.60 Å². The third-order valence-corrected chi connectivity index (χ3v) is 6.69. The molecule has 1 fully saturated rings. The van der Waals surface area contributed by atoms with Crippen molar-refractivity contribution in [3.63, 3.8) is 0 Å². The zero-order valence-electron chi connectivity index (χ0n) is 18.6. The van der Waals surface area contributed by atoms with Gasteiger partial charge in [-0.3, -0.25) is 0 Å². The van der Waals surface area contributed by atoms with E-state index in [9.17, 15) is 19.8 Å². The summed E-state index contributed by atoms with van der Waals surface area (Å²) < 4.78 is 10.7. The van der Waals surface area contributed by atoms with Crippen LogP contribution in [0, 0.1) is 16.7 Å². The van der Waals surface area contributed by atoms with Crippen molar-refractivity contribution in [3.05, 3.63) is 48.1 Å². The summed E-state index contributed by atoms with van der Waals surface area (Å²) in [5.41, 5.74) is -3.14. The van der Waals surface area contributed by atoms with E-state index in [4.69, 9.17) is 9.47 Å². The van der Waals surface area contributed by atoms with E-state index < -0.39 is 35.7 Å². The molecule has 6 nitrogen and oxygen atoms in total. The molecule has 2 aliphatic carbocycles. The molecule has 0 aliphatic heterocycles. The predicted molar refractivity (Wildman–Crippen MR) is 114 cm³/mol. The molecule has 0 bridgehead atoms. The first-order valence-electron chi connectivity index (χ1n) is 10.4. The van der Waals surface area contributed by atoms with E-state index in [1.807, 2.05) is 26.0 Å². The van der Waals surface area contributed by atoms with Gasteiger partial charge in [-0.25, -0.2) is 9.59 Å². The Labute approximate surface area is 179 Å². The Morgan fingerprint density at radius 1 is 1.17 bits per heavy atom. The summed E-state index contributed by atoms with van der Waals surface area (Å²) in [5.74, 6) is -1.66. The minimum absolute atomic E-state index is 0.112. The minimum Gasteiger partial charge on any atom is -0.467 e. The second-order valence-corrected chi connectivity index (χ2v) is 8.96. The molecule has 0 amide bonds. The summed E-state index contributed by atoms with van der Waals surface area (Å²) in [5, 5.41) is 21.6. The Hall–Kier alpha value is -2.18. The Balaban J connectivity index is 2.48. The van der Waals surface area contributed by atoms with Crippen molar-refractivity contribution in [2.24, 2.45) is 16.7 Å². The average Bonchev–Trinajstić information content (AvgIpc) is 2.68. The SMILES string of the molecule is CC=CC=CC=CC(=O)OC1C=C(CO)C(O)(C(=O)OC)C2(C)CCCC(C)(C)C12. The molecule has 1 saturated carbocycles. The predicted octanol–water partition coefficient (Wildman–Crippen LogP) is 3.26. The van der Waals surface area contributed by atoms with Crippen LogP contribution in [0.5, 0.6) is 0 Å². The Morgan fingerprint density at radius 3 is 2.43 bits per heavy atom. The lowest BCUT2D eigenvalue weighted by molar-refractivity contribution is -0.206. The van der Waals surface area contributed by atoms with Crippen molar-refractivity contribution < 1.29 is 29.3 Å². The van der Waals surface area contributed by atoms with Crippen LogP contribution in [0.4, 0.5) is 0 Å². The molecule has 2 rings (SSSR count). The Morgan fingerprint density at radius 2 is 1.83 bits per heavy atom. The molecule has 30 heavy (non-hydrogen) atoms. The molecule has 2 N–H and O–H groups in total. The molecule has 166 valence electrons. The Bertz CT molecular complexity index is 775. The lowest BCUT2D eigenvalue weighted by atomic mass is 9.46. The fraction of sp³-hybridized carbons (Fsp3) is 0.583. The molecule has 4 atom stereocenters. The first kappa shape index (κ1) is 24.1. The van der Waals surface area contributed by atoms with Crippen molar-refractivity contribution in [1.29, 1.82) is 0 Å². The van der Waals surface area contributed by atoms with Gasteiger partial charge in [0.25, 0.3) is 0 Å². The van der Waals surface area contributed by atoms with Crippen LogP contribution < -0.4 is 0 Å². The highest BCUT2D eigenvalue weighted by Gasteiger charge is 2.67. The highest BCUT2D eigenvalue weighted by atomic mass is 16.5. The number of hydrogen-bond donors (Lipinski definition) is 2. The molecule has 0 aromatic carbocycles. The lowest BCUT2D eigenvalue weighted by Crippen LogP contribution is -2.67. The third-order valence-electron chi connectivity index (χ3n) is 6.69. The van der Waals surface area contributed by atoms with E-state index in [1.165, 1.54) is 19.3 Å². The number of carbonyl (C=O) groups excluding carboxylic acids is 2. The number of rotatable bonds is 6. The molecule has 4 unspecified atom stereocenters. The first-order chi connectivity index (χ1) is 14.1. The quantitative estimate of drug-likeness (QED) is 0.298. The van der Waals surface area contributed by atoms with Gasteiger partial charge in [0.2, 0.25) is 0 Å². The number of fused-ring (bicyclic) bond motifs is 1. The maximum Gasteiger partial charge on any atom is 0.342 e. The van der Waals surface area contributed by atoms with Gasteiger partial charge < -0.3 is 19.7 Å². The lowest BCUT2D eigenvalue weighted by Gasteiger charge is -2.60. The fourth-order valence-corrected chi connectivity index (χ4v) is 5.41. The molecule has 6 heteroatoms. The van der Waals surface area contributed by atoms with E-state index >= 15 is 0 Å². The van der Waals surface area contributed by atoms with Gasteiger partial charge in [0, 0.05) is 17.4 Å². The smallest absolute Gasteiger partial charge is 0.342 e. The van der Waals surface area contributed by atoms with Crippen molar-refractivity contribution in [2.75, 3.05) is 13.7 Å². The minimum atomic E-state index is -1.98. The van der Waals surface area contributed by atoms with Crippen LogP contribution in [0.3, 0.4) is 0 Å². The molecule has 0 spiro atoms. The zero-order valence-corrected chi connectivity index (χ0v) is 18.6. The van der Waals surface area contributed by atoms with Crippen molar-refractivity contribution in [2.45, 2.75) is 58.7 Å². The number of aliphatic hydroxyl groups excluding tert-OH is 1. The summed E-state index contributed by atoms with van der Waals surface area (Å²) in [4.78, 5) is 25.2. The Kier molecular flexibility index (Phi) is 7.48. The van der Waals surface area contributed by atoms with Gasteiger partial charge in [-0.2, -0.15) is 0 Å². The number of carbonyl (C=O) groups is 2. The zero-order chi connectivity index (χ0) is 22.6. The molecule has 0 aromatic rings. The van der Waals surface area contributed by atoms with Gasteiger partial charge in [0.05, 0.1) is 13.7 Å². The molecular weight excluding hydrogens is 384 g/mol. The largest absolute Gasteiger partial charge is 0.467 e. The van der Waals surface area contributed by atoms with E-state index in [0.717, 1.165) is 12.8 Å². The molecule has 0 saturated heterocycles. The first-order valence-corrected chi connectivity index (χ1v) is 10.4. The monoisotopic (exact) mass is 418 g/mol. The van der Waals surface area contributed by atoms with Crippen LogP contribution in [-0.4, -0.2) is 47.6 Å². The fourth-order valence-electron chi connectivity index (χ4n) is 5.41. The summed E-state index contributed by atoms with van der Waals surface area (Å²) >= 11 is 0. The van der Waals surface area contributed by atoms with E-state index in [-0.39, 0.29) is 16.9 Å². The third kappa shape index (κ3) is 4.16. The molecule has 0 heterocycles. The molecule has 0 radical (unpaired) electrons. The van der Waals surface area contributed by atoms with Gasteiger partial charge in [-0.05, 0) is 36.8 Å². The second kappa shape index (κ2) is 9.31. The number of esters is 2. The van der Waals surface area contributed by atoms with Gasteiger partial charge >= 0.3 is 11.9 Å². The summed E-state index contributed by atoms with van der Waals surface area (Å²) in [6.07, 6.45) is 13.2. The van der Waals surface area contributed by atoms with E-state index in [2.05, 4.69) is 13.8 Å². The van der Waals surface area contributed by atoms with Crippen LogP contribution in [-0.2, 0) is 19.1 Å². The van der Waals surface area contributed by atoms with E-state index in [0.29, 0.717) is 6.42 Å². The topological polar surface area (TPSA) is 93.1 Å². The second-order valence-electron chi connectivity index (χ2n) is 8.96. The molecule has 2 aliphatic rings. The van der Waals surface area contributed by atoms with E-state index in [1.54, 1.807) is 18.2 Å². The van der Waals surface area contributed by atoms with Crippen LogP contribution >= 0.6 is 0 Å². The maximum atomic E-state index is 12.7. The van der Waals surface area contributed by atoms with Crippen LogP contribution in [0.25, 0.3) is 0 Å². The number of hydrogen-bond acceptors (Lipinski definition) is 6. The summed E-state index contributed by atoms with van der Waals surface area (Å²) in [6.45, 7) is 7.30. The standard InChI is InChI=1S/C24H34O6/c1-6-7-8-9-10-12-19(26)30-18-15-17(16-25)24(28,21(27)29-5)23(4)14-11-13-22(2,3)20(18)23/h6-10,12,15,18,20,25,28H,11,13-14,16H2,1-5H3. The summed E-state index contributed by atoms with van der Waals surface area (Å²) in [6, 6.07) is 0. The van der Waals surface area contributed by atoms with Gasteiger partial charge in [-0.15, -0.1) is 0 Å². The van der Waals surface area contributed by atoms with Gasteiger partial charge in [0.1, 0.15) is 6.10 Å². The highest BCUT2D eigenvalue weighted by Crippen LogP contribution is 2.61. The molecule has 0 aromatic heterocycles. The normalized spacial score (nSPS) is 33.5. The average molecular weight is 419 g/mol. The van der Waals surface area contributed by atoms with Gasteiger partial charge in [-0.1, -0.05) is 57.6 Å². The highest BCUT2D eigenvalue weighted by molar-refractivity contribution is 5.86. The van der Waals surface area contributed by atoms with Crippen LogP contribution in [0.15, 0.2) is 48.1 Å². The number of allylic oxidation sites excluding steroid dienone is 5. The van der Waals surface area contributed by atoms with Crippen LogP contribution in [0.1, 0.15) is 47.0 Å². The summed E-state index contributed by atoms with van der Waals surface area (Å²) in [7, 11) is 1.22. The maximum absolute atomic E-state index is 12.7. The van der Waals surface area contributed by atoms with Crippen molar-refractivity contribution in [3.8, 4) is 0 Å².